The van der Waals surface area contributed by atoms with Gasteiger partial charge in [-0.05, 0) is 31.4 Å². The summed E-state index contributed by atoms with van der Waals surface area (Å²) in [6.45, 7) is 2.59. The van der Waals surface area contributed by atoms with Crippen molar-refractivity contribution in [2.75, 3.05) is 11.9 Å². The molecule has 4 nitrogen and oxygen atoms in total. The van der Waals surface area contributed by atoms with Crippen LogP contribution >= 0.6 is 0 Å². The molecule has 1 N–H and O–H groups in total. The Labute approximate surface area is 99.6 Å². The molecule has 1 aromatic carbocycles. The van der Waals surface area contributed by atoms with Crippen LogP contribution in [0.4, 0.5) is 5.69 Å². The molecule has 0 aliphatic carbocycles. The van der Waals surface area contributed by atoms with E-state index in [0.29, 0.717) is 17.8 Å². The monoisotopic (exact) mass is 230 g/mol. The fraction of sp³-hybridized carbons (Fsp3) is 0.385. The number of amides is 2. The Bertz CT molecular complexity index is 510. The van der Waals surface area contributed by atoms with Crippen molar-refractivity contribution in [3.63, 3.8) is 0 Å². The molecule has 0 aromatic heterocycles. The van der Waals surface area contributed by atoms with Gasteiger partial charge in [0.15, 0.2) is 0 Å². The molecule has 0 radical (unpaired) electrons. The largest absolute Gasteiger partial charge is 0.327 e. The summed E-state index contributed by atoms with van der Waals surface area (Å²) in [6, 6.07) is 5.27. The van der Waals surface area contributed by atoms with Crippen LogP contribution in [0.25, 0.3) is 0 Å². The van der Waals surface area contributed by atoms with E-state index >= 15 is 0 Å². The van der Waals surface area contributed by atoms with E-state index in [9.17, 15) is 9.59 Å². The first-order valence-corrected chi connectivity index (χ1v) is 5.90. The number of rotatable bonds is 0. The average Bonchev–Trinajstić information content (AvgIpc) is 2.73. The highest BCUT2D eigenvalue weighted by molar-refractivity contribution is 6.10. The first kappa shape index (κ1) is 10.3. The Balaban J connectivity index is 2.16. The fourth-order valence-electron chi connectivity index (χ4n) is 2.70. The van der Waals surface area contributed by atoms with Crippen LogP contribution in [0.5, 0.6) is 0 Å². The Morgan fingerprint density at radius 3 is 3.00 bits per heavy atom. The van der Waals surface area contributed by atoms with Crippen molar-refractivity contribution in [2.45, 2.75) is 25.8 Å². The van der Waals surface area contributed by atoms with E-state index in [1.807, 2.05) is 19.1 Å². The topological polar surface area (TPSA) is 49.4 Å². The molecule has 1 saturated heterocycles. The quantitative estimate of drug-likeness (QED) is 0.735. The van der Waals surface area contributed by atoms with Gasteiger partial charge in [0.05, 0.1) is 11.3 Å². The van der Waals surface area contributed by atoms with Crippen molar-refractivity contribution in [1.29, 1.82) is 0 Å². The second-order valence-electron chi connectivity index (χ2n) is 4.64. The van der Waals surface area contributed by atoms with E-state index in [1.165, 1.54) is 0 Å². The molecule has 2 heterocycles. The summed E-state index contributed by atoms with van der Waals surface area (Å²) < 4.78 is 0. The molecular weight excluding hydrogens is 216 g/mol. The summed E-state index contributed by atoms with van der Waals surface area (Å²) in [5.41, 5.74) is 2.21. The van der Waals surface area contributed by atoms with Gasteiger partial charge in [-0.25, -0.2) is 0 Å². The molecule has 0 spiro atoms. The zero-order valence-corrected chi connectivity index (χ0v) is 9.69. The molecule has 88 valence electrons. The number of anilines is 1. The van der Waals surface area contributed by atoms with E-state index in [0.717, 1.165) is 18.4 Å². The molecular formula is C13H14N2O2. The second-order valence-corrected chi connectivity index (χ2v) is 4.64. The summed E-state index contributed by atoms with van der Waals surface area (Å²) in [4.78, 5) is 26.1. The third kappa shape index (κ3) is 1.44. The number of aryl methyl sites for hydroxylation is 1. The van der Waals surface area contributed by atoms with Gasteiger partial charge in [-0.15, -0.1) is 0 Å². The van der Waals surface area contributed by atoms with E-state index in [-0.39, 0.29) is 17.9 Å². The maximum absolute atomic E-state index is 12.4. The molecule has 1 atom stereocenters. The number of carbonyl (C=O) groups is 2. The van der Waals surface area contributed by atoms with Crippen molar-refractivity contribution in [1.82, 2.24) is 4.90 Å². The minimum atomic E-state index is -0.283. The fourth-order valence-corrected chi connectivity index (χ4v) is 2.70. The van der Waals surface area contributed by atoms with E-state index < -0.39 is 0 Å². The molecule has 1 aromatic rings. The van der Waals surface area contributed by atoms with Gasteiger partial charge in [-0.2, -0.15) is 0 Å². The standard InChI is InChI=1S/C13H14N2O2/c1-8-4-2-5-9-11(8)13(17)15-7-3-6-10(15)12(16)14-9/h2,4-5,10H,3,6-7H2,1H3,(H,14,16). The molecule has 2 aliphatic heterocycles. The molecule has 1 unspecified atom stereocenters. The summed E-state index contributed by atoms with van der Waals surface area (Å²) in [7, 11) is 0. The molecule has 2 amide bonds. The van der Waals surface area contributed by atoms with Crippen LogP contribution in [0.2, 0.25) is 0 Å². The first-order valence-electron chi connectivity index (χ1n) is 5.90. The van der Waals surface area contributed by atoms with Gasteiger partial charge in [0, 0.05) is 6.54 Å². The lowest BCUT2D eigenvalue weighted by atomic mass is 10.1. The Morgan fingerprint density at radius 2 is 2.18 bits per heavy atom. The van der Waals surface area contributed by atoms with Crippen LogP contribution in [-0.2, 0) is 4.79 Å². The lowest BCUT2D eigenvalue weighted by Crippen LogP contribution is -2.40. The molecule has 17 heavy (non-hydrogen) atoms. The minimum Gasteiger partial charge on any atom is -0.327 e. The van der Waals surface area contributed by atoms with Crippen LogP contribution in [-0.4, -0.2) is 29.3 Å². The van der Waals surface area contributed by atoms with Crippen molar-refractivity contribution < 1.29 is 9.59 Å². The minimum absolute atomic E-state index is 0.0149. The van der Waals surface area contributed by atoms with Crippen molar-refractivity contribution in [2.24, 2.45) is 0 Å². The average molecular weight is 230 g/mol. The van der Waals surface area contributed by atoms with Gasteiger partial charge in [-0.1, -0.05) is 12.1 Å². The molecule has 1 fully saturated rings. The van der Waals surface area contributed by atoms with Gasteiger partial charge in [0.25, 0.3) is 5.91 Å². The van der Waals surface area contributed by atoms with Crippen molar-refractivity contribution >= 4 is 17.5 Å². The lowest BCUT2D eigenvalue weighted by molar-refractivity contribution is -0.119. The predicted octanol–water partition coefficient (Wildman–Crippen LogP) is 1.55. The summed E-state index contributed by atoms with van der Waals surface area (Å²) >= 11 is 0. The van der Waals surface area contributed by atoms with Gasteiger partial charge < -0.3 is 10.2 Å². The molecule has 0 bridgehead atoms. The highest BCUT2D eigenvalue weighted by Crippen LogP contribution is 2.30. The highest BCUT2D eigenvalue weighted by atomic mass is 16.2. The van der Waals surface area contributed by atoms with Gasteiger partial charge in [0.2, 0.25) is 5.91 Å². The van der Waals surface area contributed by atoms with Gasteiger partial charge in [-0.3, -0.25) is 9.59 Å². The first-order chi connectivity index (χ1) is 8.18. The van der Waals surface area contributed by atoms with E-state index in [1.54, 1.807) is 11.0 Å². The zero-order valence-electron chi connectivity index (χ0n) is 9.69. The van der Waals surface area contributed by atoms with Crippen molar-refractivity contribution in [3.05, 3.63) is 29.3 Å². The number of carbonyl (C=O) groups excluding carboxylic acids is 2. The van der Waals surface area contributed by atoms with Crippen LogP contribution in [0.3, 0.4) is 0 Å². The molecule has 0 saturated carbocycles. The summed E-state index contributed by atoms with van der Waals surface area (Å²) in [6.07, 6.45) is 1.68. The van der Waals surface area contributed by atoms with Gasteiger partial charge >= 0.3 is 0 Å². The summed E-state index contributed by atoms with van der Waals surface area (Å²) in [5, 5.41) is 2.86. The Hall–Kier alpha value is -1.84. The zero-order chi connectivity index (χ0) is 12.0. The Kier molecular flexibility index (Phi) is 2.18. The Morgan fingerprint density at radius 1 is 1.35 bits per heavy atom. The number of fused-ring (bicyclic) bond motifs is 2. The normalized spacial score (nSPS) is 22.9. The van der Waals surface area contributed by atoms with E-state index in [4.69, 9.17) is 0 Å². The number of hydrogen-bond donors (Lipinski definition) is 1. The van der Waals surface area contributed by atoms with Crippen LogP contribution in [0.15, 0.2) is 18.2 Å². The van der Waals surface area contributed by atoms with Crippen LogP contribution in [0, 0.1) is 6.92 Å². The second kappa shape index (κ2) is 3.58. The predicted molar refractivity (Wildman–Crippen MR) is 63.9 cm³/mol. The number of hydrogen-bond acceptors (Lipinski definition) is 2. The number of benzene rings is 1. The third-order valence-corrected chi connectivity index (χ3v) is 3.56. The molecule has 3 rings (SSSR count). The van der Waals surface area contributed by atoms with Crippen LogP contribution < -0.4 is 5.32 Å². The summed E-state index contributed by atoms with van der Waals surface area (Å²) in [5.74, 6) is -0.0702. The smallest absolute Gasteiger partial charge is 0.256 e. The molecule has 4 heteroatoms. The molecule has 2 aliphatic rings. The SMILES string of the molecule is Cc1cccc2c1C(=O)N1CCCC1C(=O)N2. The van der Waals surface area contributed by atoms with Crippen molar-refractivity contribution in [3.8, 4) is 0 Å². The maximum Gasteiger partial charge on any atom is 0.256 e. The highest BCUT2D eigenvalue weighted by Gasteiger charge is 2.38. The van der Waals surface area contributed by atoms with Crippen LogP contribution in [0.1, 0.15) is 28.8 Å². The van der Waals surface area contributed by atoms with E-state index in [2.05, 4.69) is 5.32 Å². The number of nitrogens with one attached hydrogen (secondary N) is 1. The maximum atomic E-state index is 12.4. The lowest BCUT2D eigenvalue weighted by Gasteiger charge is -2.20. The van der Waals surface area contributed by atoms with Gasteiger partial charge in [0.1, 0.15) is 6.04 Å². The number of nitrogens with zero attached hydrogens (tertiary/aromatic N) is 1. The third-order valence-electron chi connectivity index (χ3n) is 3.56.